The van der Waals surface area contributed by atoms with Crippen LogP contribution in [0.15, 0.2) is 94.1 Å². The minimum Gasteiger partial charge on any atom is -0.378 e. The maximum Gasteiger partial charge on any atom is 0.287 e. The highest BCUT2D eigenvalue weighted by Crippen LogP contribution is 2.15. The molecular weight excluding hydrogens is 480 g/mol. The van der Waals surface area contributed by atoms with Crippen LogP contribution in [0.3, 0.4) is 0 Å². The van der Waals surface area contributed by atoms with Crippen molar-refractivity contribution in [3.8, 4) is 0 Å². The number of halogens is 1. The van der Waals surface area contributed by atoms with Crippen LogP contribution < -0.4 is 15.6 Å². The molecule has 0 unspecified atom stereocenters. The molecule has 0 bridgehead atoms. The van der Waals surface area contributed by atoms with Gasteiger partial charge in [0.15, 0.2) is 0 Å². The molecule has 0 aliphatic heterocycles. The molecule has 6 nitrogen and oxygen atoms in total. The first kappa shape index (κ1) is 23.9. The fourth-order valence-corrected chi connectivity index (χ4v) is 3.35. The van der Waals surface area contributed by atoms with Crippen molar-refractivity contribution in [2.45, 2.75) is 6.92 Å². The molecule has 168 valence electrons. The molecule has 3 aromatic rings. The molecule has 0 radical (unpaired) electrons. The van der Waals surface area contributed by atoms with Crippen molar-refractivity contribution in [3.05, 3.63) is 106 Å². The van der Waals surface area contributed by atoms with Crippen LogP contribution in [0.4, 0.5) is 5.69 Å². The van der Waals surface area contributed by atoms with Crippen LogP contribution in [-0.4, -0.2) is 31.6 Å². The van der Waals surface area contributed by atoms with Gasteiger partial charge in [-0.05, 0) is 60.5 Å². The molecule has 0 saturated heterocycles. The maximum absolute atomic E-state index is 13.0. The van der Waals surface area contributed by atoms with Gasteiger partial charge < -0.3 is 10.2 Å². The zero-order chi connectivity index (χ0) is 23.8. The normalized spacial score (nSPS) is 11.6. The van der Waals surface area contributed by atoms with Gasteiger partial charge in [0.1, 0.15) is 5.70 Å². The van der Waals surface area contributed by atoms with Gasteiger partial charge in [-0.25, -0.2) is 5.43 Å². The molecular formula is C26H25BrN4O2. The van der Waals surface area contributed by atoms with E-state index in [9.17, 15) is 9.59 Å². The Morgan fingerprint density at radius 3 is 2.21 bits per heavy atom. The van der Waals surface area contributed by atoms with Gasteiger partial charge in [0.25, 0.3) is 11.8 Å². The second kappa shape index (κ2) is 11.2. The summed E-state index contributed by atoms with van der Waals surface area (Å²) in [5, 5.41) is 6.93. The van der Waals surface area contributed by atoms with Crippen LogP contribution >= 0.6 is 15.9 Å². The number of carbonyl (C=O) groups is 2. The first-order chi connectivity index (χ1) is 15.8. The van der Waals surface area contributed by atoms with Crippen molar-refractivity contribution in [2.75, 3.05) is 19.0 Å². The van der Waals surface area contributed by atoms with Crippen LogP contribution in [0, 0.1) is 0 Å². The highest BCUT2D eigenvalue weighted by atomic mass is 79.9. The van der Waals surface area contributed by atoms with Crippen molar-refractivity contribution in [1.29, 1.82) is 0 Å². The third-order valence-corrected chi connectivity index (χ3v) is 5.31. The van der Waals surface area contributed by atoms with Crippen molar-refractivity contribution in [3.63, 3.8) is 0 Å². The monoisotopic (exact) mass is 504 g/mol. The number of carbonyl (C=O) groups excluding carboxylic acids is 2. The van der Waals surface area contributed by atoms with E-state index >= 15 is 0 Å². The quantitative estimate of drug-likeness (QED) is 0.275. The predicted molar refractivity (Wildman–Crippen MR) is 137 cm³/mol. The van der Waals surface area contributed by atoms with Crippen LogP contribution in [0.2, 0.25) is 0 Å². The molecule has 0 fully saturated rings. The third-order valence-electron chi connectivity index (χ3n) is 4.82. The van der Waals surface area contributed by atoms with E-state index in [0.29, 0.717) is 11.3 Å². The average Bonchev–Trinajstić information content (AvgIpc) is 2.82. The molecule has 0 atom stereocenters. The molecule has 7 heteroatoms. The number of hydrogen-bond donors (Lipinski definition) is 2. The number of hydrazone groups is 1. The Labute approximate surface area is 202 Å². The molecule has 0 saturated carbocycles. The van der Waals surface area contributed by atoms with Crippen LogP contribution in [0.25, 0.3) is 6.08 Å². The third kappa shape index (κ3) is 6.89. The Morgan fingerprint density at radius 1 is 0.909 bits per heavy atom. The zero-order valence-corrected chi connectivity index (χ0v) is 20.3. The lowest BCUT2D eigenvalue weighted by Gasteiger charge is -2.13. The van der Waals surface area contributed by atoms with Gasteiger partial charge in [0.2, 0.25) is 0 Å². The Hall–Kier alpha value is -3.71. The molecule has 2 N–H and O–H groups in total. The summed E-state index contributed by atoms with van der Waals surface area (Å²) < 4.78 is 0.915. The highest BCUT2D eigenvalue weighted by Gasteiger charge is 2.15. The van der Waals surface area contributed by atoms with E-state index in [1.165, 1.54) is 0 Å². The Morgan fingerprint density at radius 2 is 1.58 bits per heavy atom. The summed E-state index contributed by atoms with van der Waals surface area (Å²) in [6.07, 6.45) is 1.62. The van der Waals surface area contributed by atoms with Gasteiger partial charge >= 0.3 is 0 Å². The van der Waals surface area contributed by atoms with E-state index < -0.39 is 5.91 Å². The summed E-state index contributed by atoms with van der Waals surface area (Å²) in [6, 6.07) is 24.0. The summed E-state index contributed by atoms with van der Waals surface area (Å²) >= 11 is 3.43. The smallest absolute Gasteiger partial charge is 0.287 e. The summed E-state index contributed by atoms with van der Waals surface area (Å²) in [5.74, 6) is -0.903. The minimum atomic E-state index is -0.523. The lowest BCUT2D eigenvalue weighted by Crippen LogP contribution is -2.33. The van der Waals surface area contributed by atoms with Crippen molar-refractivity contribution >= 4 is 45.2 Å². The molecule has 2 amide bonds. The lowest BCUT2D eigenvalue weighted by atomic mass is 10.1. The first-order valence-corrected chi connectivity index (χ1v) is 11.1. The van der Waals surface area contributed by atoms with Crippen LogP contribution in [-0.2, 0) is 4.79 Å². The maximum atomic E-state index is 13.0. The molecule has 33 heavy (non-hydrogen) atoms. The largest absolute Gasteiger partial charge is 0.378 e. The van der Waals surface area contributed by atoms with E-state index in [0.717, 1.165) is 21.3 Å². The number of anilines is 1. The molecule has 0 aromatic heterocycles. The number of benzene rings is 3. The number of hydrogen-bond acceptors (Lipinski definition) is 4. The van der Waals surface area contributed by atoms with E-state index in [2.05, 4.69) is 31.8 Å². The highest BCUT2D eigenvalue weighted by molar-refractivity contribution is 9.10. The molecule has 3 rings (SSSR count). The van der Waals surface area contributed by atoms with Gasteiger partial charge in [0.05, 0.1) is 5.71 Å². The standard InChI is InChI=1S/C26H25BrN4O2/c1-18(21-10-7-11-22(27)17-21)29-30-26(33)24(28-25(32)20-8-5-4-6-9-20)16-19-12-14-23(15-13-19)31(2)3/h4-17H,1-3H3,(H,28,32)(H,30,33)/b24-16-,29-18+. The predicted octanol–water partition coefficient (Wildman–Crippen LogP) is 4.83. The summed E-state index contributed by atoms with van der Waals surface area (Å²) in [4.78, 5) is 27.7. The average molecular weight is 505 g/mol. The minimum absolute atomic E-state index is 0.0900. The fraction of sp³-hybridized carbons (Fsp3) is 0.115. The number of nitrogens with zero attached hydrogens (tertiary/aromatic N) is 2. The molecule has 3 aromatic carbocycles. The second-order valence-corrected chi connectivity index (χ2v) is 8.43. The molecule has 0 spiro atoms. The van der Waals surface area contributed by atoms with Gasteiger partial charge in [-0.2, -0.15) is 5.10 Å². The molecule has 0 aliphatic carbocycles. The molecule has 0 heterocycles. The number of amides is 2. The Bertz CT molecular complexity index is 1190. The van der Waals surface area contributed by atoms with Crippen LogP contribution in [0.1, 0.15) is 28.4 Å². The van der Waals surface area contributed by atoms with E-state index in [4.69, 9.17) is 0 Å². The summed E-state index contributed by atoms with van der Waals surface area (Å²) in [7, 11) is 3.91. The number of rotatable bonds is 7. The molecule has 0 aliphatic rings. The lowest BCUT2D eigenvalue weighted by molar-refractivity contribution is -0.117. The van der Waals surface area contributed by atoms with E-state index in [1.54, 1.807) is 37.3 Å². The van der Waals surface area contributed by atoms with E-state index in [-0.39, 0.29) is 11.6 Å². The van der Waals surface area contributed by atoms with Crippen LogP contribution in [0.5, 0.6) is 0 Å². The fourth-order valence-electron chi connectivity index (χ4n) is 2.95. The Kier molecular flexibility index (Phi) is 8.16. The summed E-state index contributed by atoms with van der Waals surface area (Å²) in [6.45, 7) is 1.80. The van der Waals surface area contributed by atoms with Gasteiger partial charge in [0, 0.05) is 29.8 Å². The van der Waals surface area contributed by atoms with Crippen molar-refractivity contribution in [1.82, 2.24) is 10.7 Å². The number of nitrogens with one attached hydrogen (secondary N) is 2. The topological polar surface area (TPSA) is 73.8 Å². The Balaban J connectivity index is 1.85. The zero-order valence-electron chi connectivity index (χ0n) is 18.7. The van der Waals surface area contributed by atoms with E-state index in [1.807, 2.05) is 73.6 Å². The van der Waals surface area contributed by atoms with Gasteiger partial charge in [-0.1, -0.05) is 58.4 Å². The van der Waals surface area contributed by atoms with Crippen molar-refractivity contribution < 1.29 is 9.59 Å². The first-order valence-electron chi connectivity index (χ1n) is 10.3. The second-order valence-electron chi connectivity index (χ2n) is 7.51. The van der Waals surface area contributed by atoms with Crippen molar-refractivity contribution in [2.24, 2.45) is 5.10 Å². The summed E-state index contributed by atoms with van der Waals surface area (Å²) in [5.41, 5.74) is 6.39. The van der Waals surface area contributed by atoms with Gasteiger partial charge in [-0.3, -0.25) is 9.59 Å². The SMILES string of the molecule is C/C(=N\NC(=O)/C(=C/c1ccc(N(C)C)cc1)NC(=O)c1ccccc1)c1cccc(Br)c1. The van der Waals surface area contributed by atoms with Gasteiger partial charge in [-0.15, -0.1) is 0 Å².